The van der Waals surface area contributed by atoms with Gasteiger partial charge in [-0.05, 0) is 53.6 Å². The number of nitrogens with one attached hydrogen (secondary N) is 1. The number of anilines is 1. The number of rotatable bonds is 8. The molecule has 0 aliphatic heterocycles. The van der Waals surface area contributed by atoms with Crippen LogP contribution >= 0.6 is 11.8 Å². The number of benzene rings is 2. The maximum absolute atomic E-state index is 12.4. The van der Waals surface area contributed by atoms with Gasteiger partial charge in [0, 0.05) is 12.7 Å². The smallest absolute Gasteiger partial charge is 0.234 e. The van der Waals surface area contributed by atoms with Crippen molar-refractivity contribution in [1.82, 2.24) is 14.8 Å². The molecule has 7 heteroatoms. The van der Waals surface area contributed by atoms with Gasteiger partial charge < -0.3 is 14.6 Å². The Morgan fingerprint density at radius 1 is 1.03 bits per heavy atom. The molecule has 0 bridgehead atoms. The minimum atomic E-state index is -0.273. The number of hydrogen-bond donors (Lipinski definition) is 1. The van der Waals surface area contributed by atoms with E-state index in [9.17, 15) is 4.79 Å². The zero-order valence-corrected chi connectivity index (χ0v) is 21.4. The SMILES string of the molecule is CC(C)c1ccc(NC(=O)CSc2nnc(C(C)Oc3ccc(C(C)(C)C)cc3)n2C)cc1. The largest absolute Gasteiger partial charge is 0.483 e. The Labute approximate surface area is 201 Å². The van der Waals surface area contributed by atoms with Gasteiger partial charge in [-0.15, -0.1) is 10.2 Å². The molecule has 0 saturated carbocycles. The molecule has 1 atom stereocenters. The molecule has 176 valence electrons. The standard InChI is InChI=1S/C26H34N4O2S/c1-17(2)19-8-12-21(13-9-19)27-23(31)16-33-25-29-28-24(30(25)7)18(3)32-22-14-10-20(11-15-22)26(4,5)6/h8-15,17-18H,16H2,1-7H3,(H,27,31). The van der Waals surface area contributed by atoms with Gasteiger partial charge in [0.2, 0.25) is 5.91 Å². The van der Waals surface area contributed by atoms with Crippen molar-refractivity contribution in [3.63, 3.8) is 0 Å². The molecule has 1 amide bonds. The molecule has 1 unspecified atom stereocenters. The predicted molar refractivity (Wildman–Crippen MR) is 135 cm³/mol. The summed E-state index contributed by atoms with van der Waals surface area (Å²) in [6.07, 6.45) is -0.273. The van der Waals surface area contributed by atoms with Crippen LogP contribution in [0.4, 0.5) is 5.69 Å². The van der Waals surface area contributed by atoms with Crippen LogP contribution < -0.4 is 10.1 Å². The molecule has 0 spiro atoms. The normalized spacial score (nSPS) is 12.6. The van der Waals surface area contributed by atoms with Gasteiger partial charge in [0.1, 0.15) is 5.75 Å². The first kappa shape index (κ1) is 24.8. The van der Waals surface area contributed by atoms with Gasteiger partial charge in [-0.3, -0.25) is 4.79 Å². The van der Waals surface area contributed by atoms with Crippen molar-refractivity contribution in [1.29, 1.82) is 0 Å². The summed E-state index contributed by atoms with van der Waals surface area (Å²) in [5.41, 5.74) is 3.40. The van der Waals surface area contributed by atoms with Crippen molar-refractivity contribution >= 4 is 23.4 Å². The second-order valence-corrected chi connectivity index (χ2v) is 10.5. The maximum Gasteiger partial charge on any atom is 0.234 e. The lowest BCUT2D eigenvalue weighted by molar-refractivity contribution is -0.113. The number of ether oxygens (including phenoxy) is 1. The summed E-state index contributed by atoms with van der Waals surface area (Å²) in [6, 6.07) is 16.1. The third-order valence-electron chi connectivity index (χ3n) is 5.46. The van der Waals surface area contributed by atoms with Crippen LogP contribution in [0.25, 0.3) is 0 Å². The first-order valence-electron chi connectivity index (χ1n) is 11.2. The average Bonchev–Trinajstić information content (AvgIpc) is 3.13. The molecule has 1 aromatic heterocycles. The highest BCUT2D eigenvalue weighted by atomic mass is 32.2. The third kappa shape index (κ3) is 6.60. The Balaban J connectivity index is 1.55. The molecule has 0 saturated heterocycles. The average molecular weight is 467 g/mol. The molecule has 6 nitrogen and oxygen atoms in total. The molecule has 1 N–H and O–H groups in total. The first-order chi connectivity index (χ1) is 15.5. The van der Waals surface area contributed by atoms with Crippen LogP contribution in [0.3, 0.4) is 0 Å². The van der Waals surface area contributed by atoms with E-state index in [1.165, 1.54) is 22.9 Å². The zero-order valence-electron chi connectivity index (χ0n) is 20.5. The quantitative estimate of drug-likeness (QED) is 0.406. The molecule has 0 radical (unpaired) electrons. The summed E-state index contributed by atoms with van der Waals surface area (Å²) >= 11 is 1.35. The number of amides is 1. The molecular weight excluding hydrogens is 432 g/mol. The first-order valence-corrected chi connectivity index (χ1v) is 12.2. The lowest BCUT2D eigenvalue weighted by Crippen LogP contribution is -2.15. The van der Waals surface area contributed by atoms with Gasteiger partial charge >= 0.3 is 0 Å². The number of thioether (sulfide) groups is 1. The summed E-state index contributed by atoms with van der Waals surface area (Å²) in [4.78, 5) is 12.4. The Morgan fingerprint density at radius 3 is 2.24 bits per heavy atom. The summed E-state index contributed by atoms with van der Waals surface area (Å²) in [6.45, 7) is 12.8. The van der Waals surface area contributed by atoms with Gasteiger partial charge in [-0.25, -0.2) is 0 Å². The van der Waals surface area contributed by atoms with E-state index in [0.29, 0.717) is 16.9 Å². The molecule has 0 aliphatic carbocycles. The topological polar surface area (TPSA) is 69.0 Å². The van der Waals surface area contributed by atoms with Crippen molar-refractivity contribution in [2.75, 3.05) is 11.1 Å². The minimum Gasteiger partial charge on any atom is -0.483 e. The lowest BCUT2D eigenvalue weighted by Gasteiger charge is -2.20. The van der Waals surface area contributed by atoms with Crippen LogP contribution in [0.5, 0.6) is 5.75 Å². The minimum absolute atomic E-state index is 0.0786. The zero-order chi connectivity index (χ0) is 24.2. The molecule has 0 fully saturated rings. The highest BCUT2D eigenvalue weighted by Gasteiger charge is 2.19. The van der Waals surface area contributed by atoms with Gasteiger partial charge in [0.05, 0.1) is 5.75 Å². The van der Waals surface area contributed by atoms with E-state index >= 15 is 0 Å². The van der Waals surface area contributed by atoms with Crippen molar-refractivity contribution in [2.45, 2.75) is 64.1 Å². The summed E-state index contributed by atoms with van der Waals surface area (Å²) in [5.74, 6) is 2.13. The Bertz CT molecular complexity index is 1070. The van der Waals surface area contributed by atoms with Gasteiger partial charge in [0.25, 0.3) is 0 Å². The number of carbonyl (C=O) groups excluding carboxylic acids is 1. The number of carbonyl (C=O) groups is 1. The van der Waals surface area contributed by atoms with Gasteiger partial charge in [0.15, 0.2) is 17.1 Å². The van der Waals surface area contributed by atoms with Crippen LogP contribution in [-0.2, 0) is 17.3 Å². The molecule has 2 aromatic carbocycles. The summed E-state index contributed by atoms with van der Waals surface area (Å²) in [7, 11) is 1.89. The van der Waals surface area contributed by atoms with Crippen molar-refractivity contribution in [3.8, 4) is 5.75 Å². The third-order valence-corrected chi connectivity index (χ3v) is 6.48. The van der Waals surface area contributed by atoms with Crippen molar-refractivity contribution in [3.05, 3.63) is 65.5 Å². The van der Waals surface area contributed by atoms with Crippen LogP contribution in [0.2, 0.25) is 0 Å². The van der Waals surface area contributed by atoms with Gasteiger partial charge in [-0.1, -0.05) is 70.6 Å². The second-order valence-electron chi connectivity index (χ2n) is 9.55. The number of nitrogens with zero attached hydrogens (tertiary/aromatic N) is 3. The molecule has 33 heavy (non-hydrogen) atoms. The Morgan fingerprint density at radius 2 is 1.67 bits per heavy atom. The van der Waals surface area contributed by atoms with E-state index in [4.69, 9.17) is 4.74 Å². The van der Waals surface area contributed by atoms with E-state index in [1.54, 1.807) is 0 Å². The van der Waals surface area contributed by atoms with E-state index in [2.05, 4.69) is 62.3 Å². The molecular formula is C26H34N4O2S. The summed E-state index contributed by atoms with van der Waals surface area (Å²) < 4.78 is 7.96. The Kier molecular flexibility index (Phi) is 7.84. The monoisotopic (exact) mass is 466 g/mol. The molecule has 3 rings (SSSR count). The fourth-order valence-electron chi connectivity index (χ4n) is 3.37. The molecule has 3 aromatic rings. The second kappa shape index (κ2) is 10.4. The molecule has 1 heterocycles. The Hall–Kier alpha value is -2.80. The van der Waals surface area contributed by atoms with Crippen LogP contribution in [0, 0.1) is 0 Å². The highest BCUT2D eigenvalue weighted by molar-refractivity contribution is 7.99. The predicted octanol–water partition coefficient (Wildman–Crippen LogP) is 6.11. The highest BCUT2D eigenvalue weighted by Crippen LogP contribution is 2.27. The maximum atomic E-state index is 12.4. The van der Waals surface area contributed by atoms with Crippen LogP contribution in [0.1, 0.15) is 70.5 Å². The summed E-state index contributed by atoms with van der Waals surface area (Å²) in [5, 5.41) is 12.2. The van der Waals surface area contributed by atoms with E-state index < -0.39 is 0 Å². The van der Waals surface area contributed by atoms with Crippen molar-refractivity contribution in [2.24, 2.45) is 7.05 Å². The van der Waals surface area contributed by atoms with Gasteiger partial charge in [-0.2, -0.15) is 0 Å². The fourth-order valence-corrected chi connectivity index (χ4v) is 4.09. The van der Waals surface area contributed by atoms with E-state index in [1.807, 2.05) is 54.9 Å². The van der Waals surface area contributed by atoms with E-state index in [0.717, 1.165) is 11.4 Å². The van der Waals surface area contributed by atoms with Crippen molar-refractivity contribution < 1.29 is 9.53 Å². The van der Waals surface area contributed by atoms with E-state index in [-0.39, 0.29) is 23.2 Å². The number of hydrogen-bond acceptors (Lipinski definition) is 5. The molecule has 0 aliphatic rings. The fraction of sp³-hybridized carbons (Fsp3) is 0.423. The number of aromatic nitrogens is 3. The lowest BCUT2D eigenvalue weighted by atomic mass is 9.87. The van der Waals surface area contributed by atoms with Crippen LogP contribution in [0.15, 0.2) is 53.7 Å². The van der Waals surface area contributed by atoms with Crippen LogP contribution in [-0.4, -0.2) is 26.4 Å².